The van der Waals surface area contributed by atoms with Gasteiger partial charge in [-0.15, -0.1) is 0 Å². The molecule has 2 N–H and O–H groups in total. The normalized spacial score (nSPS) is 10.1. The van der Waals surface area contributed by atoms with Crippen molar-refractivity contribution in [2.45, 2.75) is 6.42 Å². The third kappa shape index (κ3) is 3.50. The van der Waals surface area contributed by atoms with Crippen molar-refractivity contribution in [3.63, 3.8) is 0 Å². The zero-order chi connectivity index (χ0) is 9.68. The molecule has 1 aromatic heterocycles. The van der Waals surface area contributed by atoms with E-state index in [4.69, 9.17) is 22.1 Å². The molecule has 0 aromatic carbocycles. The zero-order valence-corrected chi connectivity index (χ0v) is 9.31. The van der Waals surface area contributed by atoms with Crippen molar-refractivity contribution in [2.24, 2.45) is 5.73 Å². The largest absolute Gasteiger partial charge is 0.477 e. The fourth-order valence-corrected chi connectivity index (χ4v) is 1.51. The molecule has 0 unspecified atom stereocenters. The van der Waals surface area contributed by atoms with Crippen LogP contribution in [0.5, 0.6) is 5.88 Å². The van der Waals surface area contributed by atoms with Crippen LogP contribution in [0.25, 0.3) is 0 Å². The Morgan fingerprint density at radius 2 is 2.38 bits per heavy atom. The number of halogens is 2. The van der Waals surface area contributed by atoms with E-state index in [2.05, 4.69) is 20.9 Å². The number of hydrogen-bond donors (Lipinski definition) is 1. The molecule has 0 fully saturated rings. The molecule has 0 radical (unpaired) electrons. The molecule has 0 atom stereocenters. The van der Waals surface area contributed by atoms with E-state index < -0.39 is 0 Å². The lowest BCUT2D eigenvalue weighted by Gasteiger charge is -2.05. The van der Waals surface area contributed by atoms with Crippen molar-refractivity contribution in [1.29, 1.82) is 0 Å². The number of hydrogen-bond acceptors (Lipinski definition) is 3. The van der Waals surface area contributed by atoms with Crippen molar-refractivity contribution in [3.8, 4) is 5.88 Å². The first-order chi connectivity index (χ1) is 6.24. The standard InChI is InChI=1S/C8H10BrClN2O/c9-7-4-6(10)5-12-8(7)13-3-1-2-11/h4-5H,1-3,11H2. The number of pyridine rings is 1. The summed E-state index contributed by atoms with van der Waals surface area (Å²) in [6.07, 6.45) is 2.36. The van der Waals surface area contributed by atoms with Gasteiger partial charge < -0.3 is 10.5 Å². The second-order valence-electron chi connectivity index (χ2n) is 2.43. The van der Waals surface area contributed by atoms with E-state index in [9.17, 15) is 0 Å². The Labute approximate surface area is 90.4 Å². The second-order valence-corrected chi connectivity index (χ2v) is 3.72. The molecule has 0 amide bonds. The van der Waals surface area contributed by atoms with Gasteiger partial charge in [0.25, 0.3) is 0 Å². The molecule has 0 aliphatic heterocycles. The molecular weight excluding hydrogens is 255 g/mol. The molecule has 0 aliphatic carbocycles. The fourth-order valence-electron chi connectivity index (χ4n) is 0.760. The highest BCUT2D eigenvalue weighted by atomic mass is 79.9. The van der Waals surface area contributed by atoms with E-state index in [1.165, 1.54) is 0 Å². The number of nitrogens with zero attached hydrogens (tertiary/aromatic N) is 1. The van der Waals surface area contributed by atoms with E-state index in [0.717, 1.165) is 10.9 Å². The van der Waals surface area contributed by atoms with Crippen LogP contribution in [0.3, 0.4) is 0 Å². The first kappa shape index (κ1) is 10.8. The maximum Gasteiger partial charge on any atom is 0.228 e. The number of nitrogens with two attached hydrogens (primary N) is 1. The summed E-state index contributed by atoms with van der Waals surface area (Å²) in [7, 11) is 0. The Morgan fingerprint density at radius 1 is 1.62 bits per heavy atom. The molecule has 1 aromatic rings. The SMILES string of the molecule is NCCCOc1ncc(Cl)cc1Br. The lowest BCUT2D eigenvalue weighted by atomic mass is 10.4. The monoisotopic (exact) mass is 264 g/mol. The van der Waals surface area contributed by atoms with Crippen molar-refractivity contribution in [2.75, 3.05) is 13.2 Å². The van der Waals surface area contributed by atoms with Crippen LogP contribution in [-0.4, -0.2) is 18.1 Å². The molecule has 1 rings (SSSR count). The number of aromatic nitrogens is 1. The van der Waals surface area contributed by atoms with E-state index in [1.807, 2.05) is 0 Å². The van der Waals surface area contributed by atoms with Crippen LogP contribution in [-0.2, 0) is 0 Å². The zero-order valence-electron chi connectivity index (χ0n) is 6.96. The van der Waals surface area contributed by atoms with Gasteiger partial charge in [-0.1, -0.05) is 11.6 Å². The van der Waals surface area contributed by atoms with Crippen LogP contribution in [0.15, 0.2) is 16.7 Å². The van der Waals surface area contributed by atoms with Gasteiger partial charge in [-0.25, -0.2) is 4.98 Å². The highest BCUT2D eigenvalue weighted by Crippen LogP contribution is 2.24. The van der Waals surface area contributed by atoms with Gasteiger partial charge in [0.05, 0.1) is 16.1 Å². The first-order valence-electron chi connectivity index (χ1n) is 3.88. The first-order valence-corrected chi connectivity index (χ1v) is 5.05. The van der Waals surface area contributed by atoms with E-state index >= 15 is 0 Å². The molecule has 0 saturated heterocycles. The molecular formula is C8H10BrClN2O. The van der Waals surface area contributed by atoms with Gasteiger partial charge >= 0.3 is 0 Å². The van der Waals surface area contributed by atoms with Gasteiger partial charge in [-0.2, -0.15) is 0 Å². The van der Waals surface area contributed by atoms with Crippen LogP contribution in [0.4, 0.5) is 0 Å². The Bertz CT molecular complexity index is 283. The molecule has 1 heterocycles. The summed E-state index contributed by atoms with van der Waals surface area (Å²) in [6, 6.07) is 1.74. The van der Waals surface area contributed by atoms with Crippen molar-refractivity contribution in [1.82, 2.24) is 4.98 Å². The molecule has 0 spiro atoms. The highest BCUT2D eigenvalue weighted by Gasteiger charge is 2.02. The van der Waals surface area contributed by atoms with E-state index in [1.54, 1.807) is 12.3 Å². The van der Waals surface area contributed by atoms with Crippen LogP contribution in [0.2, 0.25) is 5.02 Å². The minimum atomic E-state index is 0.554. The van der Waals surface area contributed by atoms with Crippen LogP contribution in [0, 0.1) is 0 Å². The van der Waals surface area contributed by atoms with Gasteiger partial charge in [-0.3, -0.25) is 0 Å². The second kappa shape index (κ2) is 5.42. The molecule has 72 valence electrons. The van der Waals surface area contributed by atoms with E-state index in [-0.39, 0.29) is 0 Å². The van der Waals surface area contributed by atoms with Crippen molar-refractivity contribution >= 4 is 27.5 Å². The minimum Gasteiger partial charge on any atom is -0.477 e. The maximum atomic E-state index is 5.71. The minimum absolute atomic E-state index is 0.554. The Morgan fingerprint density at radius 3 is 3.00 bits per heavy atom. The van der Waals surface area contributed by atoms with Gasteiger partial charge in [-0.05, 0) is 35.0 Å². The number of ether oxygens (including phenoxy) is 1. The summed E-state index contributed by atoms with van der Waals surface area (Å²) in [6.45, 7) is 1.19. The van der Waals surface area contributed by atoms with Crippen LogP contribution >= 0.6 is 27.5 Å². The lowest BCUT2D eigenvalue weighted by molar-refractivity contribution is 0.299. The van der Waals surface area contributed by atoms with Gasteiger partial charge in [0.15, 0.2) is 0 Å². The Hall–Kier alpha value is -0.320. The molecule has 5 heteroatoms. The van der Waals surface area contributed by atoms with Gasteiger partial charge in [0.1, 0.15) is 0 Å². The van der Waals surface area contributed by atoms with Crippen molar-refractivity contribution in [3.05, 3.63) is 21.8 Å². The summed E-state index contributed by atoms with van der Waals surface area (Å²) < 4.78 is 6.10. The summed E-state index contributed by atoms with van der Waals surface area (Å²) >= 11 is 9.01. The average Bonchev–Trinajstić information content (AvgIpc) is 2.09. The molecule has 0 saturated carbocycles. The summed E-state index contributed by atoms with van der Waals surface area (Å²) in [4.78, 5) is 4.01. The predicted molar refractivity (Wildman–Crippen MR) is 56.1 cm³/mol. The highest BCUT2D eigenvalue weighted by molar-refractivity contribution is 9.10. The summed E-state index contributed by atoms with van der Waals surface area (Å²) in [5.41, 5.74) is 5.32. The Balaban J connectivity index is 2.56. The van der Waals surface area contributed by atoms with Gasteiger partial charge in [0, 0.05) is 6.20 Å². The quantitative estimate of drug-likeness (QED) is 0.849. The van der Waals surface area contributed by atoms with E-state index in [0.29, 0.717) is 24.1 Å². The maximum absolute atomic E-state index is 5.71. The summed E-state index contributed by atoms with van der Waals surface area (Å²) in [5, 5.41) is 0.582. The van der Waals surface area contributed by atoms with Crippen LogP contribution < -0.4 is 10.5 Å². The topological polar surface area (TPSA) is 48.1 Å². The summed E-state index contributed by atoms with van der Waals surface area (Å²) in [5.74, 6) is 0.554. The number of rotatable bonds is 4. The molecule has 0 aliphatic rings. The Kier molecular flexibility index (Phi) is 4.48. The fraction of sp³-hybridized carbons (Fsp3) is 0.375. The average molecular weight is 266 g/mol. The lowest BCUT2D eigenvalue weighted by Crippen LogP contribution is -2.07. The molecule has 0 bridgehead atoms. The van der Waals surface area contributed by atoms with Crippen LogP contribution in [0.1, 0.15) is 6.42 Å². The predicted octanol–water partition coefficient (Wildman–Crippen LogP) is 2.23. The smallest absolute Gasteiger partial charge is 0.228 e. The molecule has 13 heavy (non-hydrogen) atoms. The third-order valence-corrected chi connectivity index (χ3v) is 2.14. The molecule has 3 nitrogen and oxygen atoms in total. The van der Waals surface area contributed by atoms with Crippen molar-refractivity contribution < 1.29 is 4.74 Å². The third-order valence-electron chi connectivity index (χ3n) is 1.36. The van der Waals surface area contributed by atoms with Gasteiger partial charge in [0.2, 0.25) is 5.88 Å².